The van der Waals surface area contributed by atoms with E-state index in [0.717, 1.165) is 17.7 Å². The lowest BCUT2D eigenvalue weighted by Crippen LogP contribution is -2.40. The van der Waals surface area contributed by atoms with Crippen LogP contribution in [0.25, 0.3) is 0 Å². The third-order valence-electron chi connectivity index (χ3n) is 3.95. The molecule has 2 aromatic rings. The zero-order valence-electron chi connectivity index (χ0n) is 13.2. The highest BCUT2D eigenvalue weighted by molar-refractivity contribution is 5.95. The number of hydrogen-bond donors (Lipinski definition) is 0. The van der Waals surface area contributed by atoms with Gasteiger partial charge in [0.2, 0.25) is 6.23 Å². The molecule has 23 heavy (non-hydrogen) atoms. The molecule has 0 radical (unpaired) electrons. The summed E-state index contributed by atoms with van der Waals surface area (Å²) in [5.74, 6) is -0.0352. The van der Waals surface area contributed by atoms with E-state index in [1.54, 1.807) is 4.90 Å². The average molecular weight is 308 g/mol. The van der Waals surface area contributed by atoms with Gasteiger partial charge in [-0.3, -0.25) is 9.69 Å². The van der Waals surface area contributed by atoms with E-state index < -0.39 is 0 Å². The Morgan fingerprint density at radius 2 is 1.78 bits per heavy atom. The smallest absolute Gasteiger partial charge is 0.257 e. The minimum atomic E-state index is -0.335. The molecule has 0 bridgehead atoms. The Kier molecular flexibility index (Phi) is 4.71. The molecule has 1 unspecified atom stereocenters. The van der Waals surface area contributed by atoms with Crippen molar-refractivity contribution in [1.29, 1.82) is 0 Å². The maximum absolute atomic E-state index is 12.9. The van der Waals surface area contributed by atoms with E-state index in [-0.39, 0.29) is 12.1 Å². The molecule has 0 aliphatic carbocycles. The number of benzene rings is 2. The number of nitrogens with zero attached hydrogens (tertiary/aromatic N) is 2. The first kappa shape index (κ1) is 15.3. The van der Waals surface area contributed by atoms with Gasteiger partial charge >= 0.3 is 0 Å². The Morgan fingerprint density at radius 1 is 1.13 bits per heavy atom. The molecule has 0 saturated heterocycles. The molecule has 0 fully saturated rings. The molecular formula is C19H20N2O2. The van der Waals surface area contributed by atoms with Crippen molar-refractivity contribution in [3.63, 3.8) is 0 Å². The Bertz CT molecular complexity index is 683. The quantitative estimate of drug-likeness (QED) is 0.842. The predicted octanol–water partition coefficient (Wildman–Crippen LogP) is 3.84. The van der Waals surface area contributed by atoms with Crippen molar-refractivity contribution in [2.24, 2.45) is 5.16 Å². The van der Waals surface area contributed by atoms with Gasteiger partial charge in [-0.25, -0.2) is 0 Å². The van der Waals surface area contributed by atoms with Crippen molar-refractivity contribution in [2.45, 2.75) is 32.5 Å². The minimum absolute atomic E-state index is 0.0352. The highest BCUT2D eigenvalue weighted by Crippen LogP contribution is 2.21. The van der Waals surface area contributed by atoms with Crippen LogP contribution < -0.4 is 0 Å². The van der Waals surface area contributed by atoms with E-state index >= 15 is 0 Å². The maximum atomic E-state index is 12.9. The van der Waals surface area contributed by atoms with Crippen LogP contribution in [-0.2, 0) is 11.4 Å². The van der Waals surface area contributed by atoms with Crippen molar-refractivity contribution in [3.05, 3.63) is 71.8 Å². The zero-order valence-corrected chi connectivity index (χ0v) is 13.2. The van der Waals surface area contributed by atoms with E-state index in [9.17, 15) is 4.79 Å². The van der Waals surface area contributed by atoms with Gasteiger partial charge in [-0.2, -0.15) is 0 Å². The van der Waals surface area contributed by atoms with Gasteiger partial charge in [-0.05, 0) is 24.1 Å². The lowest BCUT2D eigenvalue weighted by molar-refractivity contribution is -0.0290. The second kappa shape index (κ2) is 7.09. The van der Waals surface area contributed by atoms with Crippen LogP contribution in [0.15, 0.2) is 65.8 Å². The minimum Gasteiger partial charge on any atom is -0.370 e. The molecule has 118 valence electrons. The summed E-state index contributed by atoms with van der Waals surface area (Å²) in [4.78, 5) is 20.2. The predicted molar refractivity (Wildman–Crippen MR) is 90.0 cm³/mol. The topological polar surface area (TPSA) is 41.9 Å². The lowest BCUT2D eigenvalue weighted by Gasteiger charge is -2.27. The molecule has 1 amide bonds. The zero-order chi connectivity index (χ0) is 16.1. The first-order valence-electron chi connectivity index (χ1n) is 7.89. The summed E-state index contributed by atoms with van der Waals surface area (Å²) in [6, 6.07) is 19.3. The van der Waals surface area contributed by atoms with Crippen LogP contribution in [0.3, 0.4) is 0 Å². The second-order valence-electron chi connectivity index (χ2n) is 5.56. The molecule has 1 aliphatic heterocycles. The average Bonchev–Trinajstić information content (AvgIpc) is 3.09. The van der Waals surface area contributed by atoms with Crippen molar-refractivity contribution < 1.29 is 9.63 Å². The van der Waals surface area contributed by atoms with Crippen LogP contribution in [0.1, 0.15) is 35.7 Å². The van der Waals surface area contributed by atoms with Crippen molar-refractivity contribution in [1.82, 2.24) is 4.90 Å². The lowest BCUT2D eigenvalue weighted by atomic mass is 10.1. The van der Waals surface area contributed by atoms with Gasteiger partial charge in [0.15, 0.2) is 0 Å². The Balaban J connectivity index is 1.83. The molecule has 0 aromatic heterocycles. The molecule has 0 N–H and O–H groups in total. The van der Waals surface area contributed by atoms with Gasteiger partial charge in [0.1, 0.15) is 0 Å². The third-order valence-corrected chi connectivity index (χ3v) is 3.95. The van der Waals surface area contributed by atoms with Gasteiger partial charge in [0.05, 0.1) is 5.71 Å². The van der Waals surface area contributed by atoms with Crippen LogP contribution in [0.2, 0.25) is 0 Å². The maximum Gasteiger partial charge on any atom is 0.257 e. The van der Waals surface area contributed by atoms with E-state index in [2.05, 4.69) is 5.16 Å². The van der Waals surface area contributed by atoms with Crippen LogP contribution in [0, 0.1) is 0 Å². The number of rotatable bonds is 5. The largest absolute Gasteiger partial charge is 0.370 e. The Morgan fingerprint density at radius 3 is 2.39 bits per heavy atom. The normalized spacial score (nSPS) is 16.6. The van der Waals surface area contributed by atoms with E-state index in [4.69, 9.17) is 4.84 Å². The summed E-state index contributed by atoms with van der Waals surface area (Å²) in [5, 5.41) is 4.10. The number of amides is 1. The third kappa shape index (κ3) is 3.59. The highest BCUT2D eigenvalue weighted by atomic mass is 16.7. The van der Waals surface area contributed by atoms with Gasteiger partial charge in [0, 0.05) is 18.5 Å². The molecule has 0 saturated carbocycles. The van der Waals surface area contributed by atoms with E-state index in [1.165, 1.54) is 0 Å². The molecule has 2 aromatic carbocycles. The van der Waals surface area contributed by atoms with Crippen LogP contribution >= 0.6 is 0 Å². The number of oxime groups is 1. The van der Waals surface area contributed by atoms with Crippen molar-refractivity contribution in [3.8, 4) is 0 Å². The van der Waals surface area contributed by atoms with Crippen LogP contribution in [0.4, 0.5) is 0 Å². The molecule has 3 rings (SSSR count). The Labute approximate surface area is 136 Å². The van der Waals surface area contributed by atoms with Gasteiger partial charge in [-0.1, -0.05) is 60.6 Å². The van der Waals surface area contributed by atoms with Crippen molar-refractivity contribution in [2.75, 3.05) is 0 Å². The highest BCUT2D eigenvalue weighted by Gasteiger charge is 2.31. The molecule has 4 heteroatoms. The molecule has 0 spiro atoms. The van der Waals surface area contributed by atoms with E-state index in [0.29, 0.717) is 18.5 Å². The molecule has 1 aliphatic rings. The summed E-state index contributed by atoms with van der Waals surface area (Å²) >= 11 is 0. The van der Waals surface area contributed by atoms with Gasteiger partial charge in [-0.15, -0.1) is 0 Å². The molecule has 1 heterocycles. The molecular weight excluding hydrogens is 288 g/mol. The van der Waals surface area contributed by atoms with E-state index in [1.807, 2.05) is 67.6 Å². The fourth-order valence-corrected chi connectivity index (χ4v) is 2.62. The fourth-order valence-electron chi connectivity index (χ4n) is 2.62. The standard InChI is InChI=1S/C19H20N2O2/c1-2-17-13-18(23-20-17)21(14-15-9-5-3-6-10-15)19(22)16-11-7-4-8-12-16/h3-12,18H,2,13-14H2,1H3. The SMILES string of the molecule is CCC1=NOC(N(Cc2ccccc2)C(=O)c2ccccc2)C1. The summed E-state index contributed by atoms with van der Waals surface area (Å²) in [6.07, 6.45) is 1.18. The van der Waals surface area contributed by atoms with Gasteiger partial charge < -0.3 is 4.84 Å². The first-order valence-corrected chi connectivity index (χ1v) is 7.89. The summed E-state index contributed by atoms with van der Waals surface area (Å²) in [7, 11) is 0. The Hall–Kier alpha value is -2.62. The number of carbonyl (C=O) groups excluding carboxylic acids is 1. The number of carbonyl (C=O) groups is 1. The molecule has 1 atom stereocenters. The van der Waals surface area contributed by atoms with Crippen LogP contribution in [0.5, 0.6) is 0 Å². The summed E-state index contributed by atoms with van der Waals surface area (Å²) in [6.45, 7) is 2.55. The summed E-state index contributed by atoms with van der Waals surface area (Å²) in [5.41, 5.74) is 2.73. The van der Waals surface area contributed by atoms with Crippen LogP contribution in [-0.4, -0.2) is 22.7 Å². The number of hydrogen-bond acceptors (Lipinski definition) is 3. The monoisotopic (exact) mass is 308 g/mol. The fraction of sp³-hybridized carbons (Fsp3) is 0.263. The summed E-state index contributed by atoms with van der Waals surface area (Å²) < 4.78 is 0. The van der Waals surface area contributed by atoms with Gasteiger partial charge in [0.25, 0.3) is 5.91 Å². The molecule has 4 nitrogen and oxygen atoms in total. The first-order chi connectivity index (χ1) is 11.3. The van der Waals surface area contributed by atoms with Crippen molar-refractivity contribution >= 4 is 11.6 Å². The second-order valence-corrected chi connectivity index (χ2v) is 5.56.